The number of pyridine rings is 1. The van der Waals surface area contributed by atoms with Crippen molar-refractivity contribution < 1.29 is 4.79 Å². The van der Waals surface area contributed by atoms with Gasteiger partial charge in [0.05, 0.1) is 18.3 Å². The van der Waals surface area contributed by atoms with Crippen LogP contribution in [0.4, 0.5) is 17.2 Å². The zero-order chi connectivity index (χ0) is 18.5. The summed E-state index contributed by atoms with van der Waals surface area (Å²) in [6.07, 6.45) is 1.97. The topological polar surface area (TPSA) is 54.0 Å². The summed E-state index contributed by atoms with van der Waals surface area (Å²) in [6.45, 7) is 3.97. The lowest BCUT2D eigenvalue weighted by Gasteiger charge is -2.09. The third kappa shape index (κ3) is 4.83. The van der Waals surface area contributed by atoms with Crippen LogP contribution in [0.2, 0.25) is 5.02 Å². The van der Waals surface area contributed by atoms with E-state index in [9.17, 15) is 4.79 Å². The molecule has 2 aromatic carbocycles. The number of rotatable bonds is 5. The molecule has 0 spiro atoms. The number of halogens is 1. The quantitative estimate of drug-likeness (QED) is 0.647. The molecule has 0 radical (unpaired) electrons. The van der Waals surface area contributed by atoms with Gasteiger partial charge in [0.2, 0.25) is 5.91 Å². The lowest BCUT2D eigenvalue weighted by Crippen LogP contribution is -2.14. The Morgan fingerprint density at radius 1 is 1.04 bits per heavy atom. The molecule has 0 aliphatic carbocycles. The van der Waals surface area contributed by atoms with Gasteiger partial charge in [0.1, 0.15) is 5.82 Å². The predicted molar refractivity (Wildman–Crippen MR) is 107 cm³/mol. The number of carbonyl (C=O) groups excluding carboxylic acids is 1. The molecule has 0 aliphatic heterocycles. The molecule has 0 saturated heterocycles. The zero-order valence-electron chi connectivity index (χ0n) is 14.7. The fourth-order valence-electron chi connectivity index (χ4n) is 2.57. The smallest absolute Gasteiger partial charge is 0.228 e. The van der Waals surface area contributed by atoms with E-state index in [1.807, 2.05) is 68.4 Å². The van der Waals surface area contributed by atoms with Gasteiger partial charge in [-0.3, -0.25) is 4.79 Å². The second-order valence-electron chi connectivity index (χ2n) is 6.24. The third-order valence-electron chi connectivity index (χ3n) is 3.94. The number of aromatic nitrogens is 1. The molecule has 0 fully saturated rings. The first-order chi connectivity index (χ1) is 12.5. The highest BCUT2D eigenvalue weighted by Gasteiger charge is 2.05. The molecule has 4 nitrogen and oxygen atoms in total. The number of amides is 1. The van der Waals surface area contributed by atoms with Crippen molar-refractivity contribution in [3.05, 3.63) is 82.5 Å². The van der Waals surface area contributed by atoms with E-state index in [1.54, 1.807) is 6.20 Å². The Balaban J connectivity index is 1.60. The highest BCUT2D eigenvalue weighted by molar-refractivity contribution is 6.31. The summed E-state index contributed by atoms with van der Waals surface area (Å²) in [5, 5.41) is 6.76. The Morgan fingerprint density at radius 3 is 2.54 bits per heavy atom. The molecule has 132 valence electrons. The number of nitrogens with one attached hydrogen (secondary N) is 2. The molecule has 0 bridgehead atoms. The minimum Gasteiger partial charge on any atom is -0.340 e. The van der Waals surface area contributed by atoms with Crippen LogP contribution in [0.5, 0.6) is 0 Å². The number of benzene rings is 2. The molecule has 1 aromatic heterocycles. The molecule has 0 aliphatic rings. The van der Waals surface area contributed by atoms with E-state index in [1.165, 1.54) is 0 Å². The van der Waals surface area contributed by atoms with Gasteiger partial charge in [0, 0.05) is 10.7 Å². The van der Waals surface area contributed by atoms with Crippen LogP contribution in [0, 0.1) is 13.8 Å². The molecule has 1 heterocycles. The Kier molecular flexibility index (Phi) is 5.54. The van der Waals surface area contributed by atoms with E-state index in [4.69, 9.17) is 11.6 Å². The van der Waals surface area contributed by atoms with Crippen molar-refractivity contribution >= 4 is 34.7 Å². The third-order valence-corrected chi connectivity index (χ3v) is 4.35. The Morgan fingerprint density at radius 2 is 1.85 bits per heavy atom. The Hall–Kier alpha value is -2.85. The van der Waals surface area contributed by atoms with Gasteiger partial charge >= 0.3 is 0 Å². The van der Waals surface area contributed by atoms with Crippen molar-refractivity contribution in [1.29, 1.82) is 0 Å². The molecular weight excluding hydrogens is 346 g/mol. The van der Waals surface area contributed by atoms with Gasteiger partial charge in [-0.05, 0) is 49.2 Å². The Bertz CT molecular complexity index is 923. The molecular formula is C21H20ClN3O. The summed E-state index contributed by atoms with van der Waals surface area (Å²) in [5.74, 6) is 0.616. The average molecular weight is 366 g/mol. The lowest BCUT2D eigenvalue weighted by molar-refractivity contribution is -0.115. The standard InChI is InChI=1S/C21H20ClN3O/c1-14-4-3-5-16(10-14)11-21(26)25-18-8-9-20(23-13-18)24-17-7-6-15(2)19(22)12-17/h3-10,12-13H,11H2,1-2H3,(H,23,24)(H,25,26). The monoisotopic (exact) mass is 365 g/mol. The number of carbonyl (C=O) groups is 1. The van der Waals surface area contributed by atoms with E-state index in [0.717, 1.165) is 22.4 Å². The van der Waals surface area contributed by atoms with Gasteiger partial charge < -0.3 is 10.6 Å². The second kappa shape index (κ2) is 8.02. The molecule has 1 amide bonds. The highest BCUT2D eigenvalue weighted by atomic mass is 35.5. The van der Waals surface area contributed by atoms with Crippen molar-refractivity contribution in [1.82, 2.24) is 4.98 Å². The Labute approximate surface area is 158 Å². The predicted octanol–water partition coefficient (Wildman–Crippen LogP) is 5.28. The minimum absolute atomic E-state index is 0.0663. The van der Waals surface area contributed by atoms with Gasteiger partial charge in [-0.25, -0.2) is 4.98 Å². The maximum atomic E-state index is 12.2. The van der Waals surface area contributed by atoms with Crippen LogP contribution < -0.4 is 10.6 Å². The number of hydrogen-bond acceptors (Lipinski definition) is 3. The maximum absolute atomic E-state index is 12.2. The van der Waals surface area contributed by atoms with Crippen molar-refractivity contribution in [3.63, 3.8) is 0 Å². The van der Waals surface area contributed by atoms with E-state index in [0.29, 0.717) is 22.9 Å². The zero-order valence-corrected chi connectivity index (χ0v) is 15.5. The number of aryl methyl sites for hydroxylation is 2. The average Bonchev–Trinajstić information content (AvgIpc) is 2.60. The summed E-state index contributed by atoms with van der Waals surface area (Å²) in [4.78, 5) is 16.5. The minimum atomic E-state index is -0.0663. The summed E-state index contributed by atoms with van der Waals surface area (Å²) in [7, 11) is 0. The number of anilines is 3. The van der Waals surface area contributed by atoms with Gasteiger partial charge in [-0.15, -0.1) is 0 Å². The molecule has 2 N–H and O–H groups in total. The lowest BCUT2D eigenvalue weighted by atomic mass is 10.1. The van der Waals surface area contributed by atoms with Crippen molar-refractivity contribution in [3.8, 4) is 0 Å². The number of nitrogens with zero attached hydrogens (tertiary/aromatic N) is 1. The van der Waals surface area contributed by atoms with Crippen LogP contribution in [-0.4, -0.2) is 10.9 Å². The summed E-state index contributed by atoms with van der Waals surface area (Å²) >= 11 is 6.13. The SMILES string of the molecule is Cc1cccc(CC(=O)Nc2ccc(Nc3ccc(C)c(Cl)c3)nc2)c1. The van der Waals surface area contributed by atoms with Gasteiger partial charge in [0.25, 0.3) is 0 Å². The molecule has 3 rings (SSSR count). The fourth-order valence-corrected chi connectivity index (χ4v) is 2.75. The van der Waals surface area contributed by atoms with Crippen molar-refractivity contribution in [2.24, 2.45) is 0 Å². The van der Waals surface area contributed by atoms with Crippen molar-refractivity contribution in [2.75, 3.05) is 10.6 Å². The molecule has 5 heteroatoms. The van der Waals surface area contributed by atoms with Gasteiger partial charge in [0.15, 0.2) is 0 Å². The largest absolute Gasteiger partial charge is 0.340 e. The maximum Gasteiger partial charge on any atom is 0.228 e. The van der Waals surface area contributed by atoms with Crippen LogP contribution in [0.15, 0.2) is 60.8 Å². The normalized spacial score (nSPS) is 10.4. The van der Waals surface area contributed by atoms with Crippen molar-refractivity contribution in [2.45, 2.75) is 20.3 Å². The summed E-state index contributed by atoms with van der Waals surface area (Å²) in [6, 6.07) is 17.3. The highest BCUT2D eigenvalue weighted by Crippen LogP contribution is 2.22. The second-order valence-corrected chi connectivity index (χ2v) is 6.64. The molecule has 26 heavy (non-hydrogen) atoms. The summed E-state index contributed by atoms with van der Waals surface area (Å²) < 4.78 is 0. The van der Waals surface area contributed by atoms with Gasteiger partial charge in [-0.2, -0.15) is 0 Å². The molecule has 0 unspecified atom stereocenters. The van der Waals surface area contributed by atoms with Crippen LogP contribution in [-0.2, 0) is 11.2 Å². The first kappa shape index (κ1) is 18.0. The van der Waals surface area contributed by atoms with Crippen LogP contribution >= 0.6 is 11.6 Å². The first-order valence-corrected chi connectivity index (χ1v) is 8.72. The molecule has 0 saturated carbocycles. The molecule has 0 atom stereocenters. The fraction of sp³-hybridized carbons (Fsp3) is 0.143. The van der Waals surface area contributed by atoms with Crippen LogP contribution in [0.25, 0.3) is 0 Å². The molecule has 3 aromatic rings. The summed E-state index contributed by atoms with van der Waals surface area (Å²) in [5.41, 5.74) is 4.69. The van der Waals surface area contributed by atoms with E-state index < -0.39 is 0 Å². The van der Waals surface area contributed by atoms with Crippen LogP contribution in [0.1, 0.15) is 16.7 Å². The first-order valence-electron chi connectivity index (χ1n) is 8.34. The number of hydrogen-bond donors (Lipinski definition) is 2. The van der Waals surface area contributed by atoms with Crippen LogP contribution in [0.3, 0.4) is 0 Å². The van der Waals surface area contributed by atoms with E-state index >= 15 is 0 Å². The van der Waals surface area contributed by atoms with Gasteiger partial charge in [-0.1, -0.05) is 47.5 Å². The van der Waals surface area contributed by atoms with E-state index in [-0.39, 0.29) is 5.91 Å². The van der Waals surface area contributed by atoms with E-state index in [2.05, 4.69) is 15.6 Å².